The van der Waals surface area contributed by atoms with E-state index in [0.29, 0.717) is 19.4 Å². The summed E-state index contributed by atoms with van der Waals surface area (Å²) in [6.07, 6.45) is 0.585. The standard InChI is InChI=1S/C20H20ClNO4S/c21-27(24,25)14-6-5-11-22(12-14)20(23)26-13-19-17-9-3-1-7-15(17)16-8-2-4-10-18(16)19/h1-4,7-10,14,19H,5-6,11-13H2/t14-/m0/s1. The number of carbonyl (C=O) groups is 1. The highest BCUT2D eigenvalue weighted by Gasteiger charge is 2.33. The fraction of sp³-hybridized carbons (Fsp3) is 0.350. The lowest BCUT2D eigenvalue weighted by Crippen LogP contribution is -2.44. The predicted octanol–water partition coefficient (Wildman–Crippen LogP) is 3.97. The second-order valence-electron chi connectivity index (χ2n) is 6.99. The van der Waals surface area contributed by atoms with Gasteiger partial charge in [0.1, 0.15) is 6.61 Å². The second-order valence-corrected chi connectivity index (χ2v) is 9.90. The van der Waals surface area contributed by atoms with Gasteiger partial charge in [-0.05, 0) is 35.1 Å². The summed E-state index contributed by atoms with van der Waals surface area (Å²) in [4.78, 5) is 14.0. The molecule has 1 heterocycles. The number of halogens is 1. The van der Waals surface area contributed by atoms with E-state index < -0.39 is 20.4 Å². The van der Waals surface area contributed by atoms with Crippen LogP contribution in [0.4, 0.5) is 4.79 Å². The Labute approximate surface area is 163 Å². The Balaban J connectivity index is 1.48. The van der Waals surface area contributed by atoms with Crippen molar-refractivity contribution in [1.29, 1.82) is 0 Å². The minimum atomic E-state index is -3.68. The van der Waals surface area contributed by atoms with Gasteiger partial charge in [-0.25, -0.2) is 13.2 Å². The molecule has 0 aromatic heterocycles. The van der Waals surface area contributed by atoms with E-state index in [2.05, 4.69) is 24.3 Å². The van der Waals surface area contributed by atoms with E-state index in [1.807, 2.05) is 24.3 Å². The van der Waals surface area contributed by atoms with E-state index in [9.17, 15) is 13.2 Å². The maximum Gasteiger partial charge on any atom is 0.409 e. The van der Waals surface area contributed by atoms with Gasteiger partial charge in [0, 0.05) is 29.7 Å². The van der Waals surface area contributed by atoms with Crippen LogP contribution in [-0.2, 0) is 13.8 Å². The summed E-state index contributed by atoms with van der Waals surface area (Å²) in [5.74, 6) is -0.0151. The van der Waals surface area contributed by atoms with Crippen molar-refractivity contribution >= 4 is 25.8 Å². The van der Waals surface area contributed by atoms with Crippen LogP contribution in [-0.4, -0.2) is 44.4 Å². The van der Waals surface area contributed by atoms with Gasteiger partial charge in [-0.3, -0.25) is 0 Å². The third-order valence-electron chi connectivity index (χ3n) is 5.37. The van der Waals surface area contributed by atoms with Crippen LogP contribution in [0.15, 0.2) is 48.5 Å². The summed E-state index contributed by atoms with van der Waals surface area (Å²) in [6, 6.07) is 16.3. The van der Waals surface area contributed by atoms with Crippen molar-refractivity contribution in [2.24, 2.45) is 0 Å². The first kappa shape index (κ1) is 18.3. The Kier molecular flexibility index (Phi) is 4.86. The molecule has 7 heteroatoms. The zero-order valence-electron chi connectivity index (χ0n) is 14.7. The number of amides is 1. The van der Waals surface area contributed by atoms with Gasteiger partial charge >= 0.3 is 6.09 Å². The average Bonchev–Trinajstić information content (AvgIpc) is 2.99. The molecule has 1 amide bonds. The minimum absolute atomic E-state index is 0.0151. The molecule has 2 aliphatic rings. The fourth-order valence-corrected chi connectivity index (χ4v) is 5.26. The van der Waals surface area contributed by atoms with Crippen LogP contribution >= 0.6 is 10.7 Å². The molecule has 27 heavy (non-hydrogen) atoms. The lowest BCUT2D eigenvalue weighted by atomic mass is 9.98. The van der Waals surface area contributed by atoms with Gasteiger partial charge in [-0.2, -0.15) is 0 Å². The number of carbonyl (C=O) groups excluding carboxylic acids is 1. The van der Waals surface area contributed by atoms with Crippen molar-refractivity contribution in [3.8, 4) is 11.1 Å². The first-order chi connectivity index (χ1) is 12.9. The average molecular weight is 406 g/mol. The van der Waals surface area contributed by atoms with Crippen LogP contribution in [0.1, 0.15) is 29.9 Å². The van der Waals surface area contributed by atoms with Crippen molar-refractivity contribution in [3.05, 3.63) is 59.7 Å². The van der Waals surface area contributed by atoms with Crippen molar-refractivity contribution in [2.45, 2.75) is 24.0 Å². The highest BCUT2D eigenvalue weighted by molar-refractivity contribution is 8.14. The molecule has 4 rings (SSSR count). The Hall–Kier alpha value is -2.05. The van der Waals surface area contributed by atoms with Gasteiger partial charge in [0.2, 0.25) is 9.05 Å². The number of fused-ring (bicyclic) bond motifs is 3. The van der Waals surface area contributed by atoms with Crippen molar-refractivity contribution in [1.82, 2.24) is 4.90 Å². The molecule has 5 nitrogen and oxygen atoms in total. The van der Waals surface area contributed by atoms with E-state index in [1.165, 1.54) is 16.0 Å². The summed E-state index contributed by atoms with van der Waals surface area (Å²) in [5.41, 5.74) is 4.62. The number of hydrogen-bond acceptors (Lipinski definition) is 4. The molecule has 0 spiro atoms. The van der Waals surface area contributed by atoms with Crippen LogP contribution < -0.4 is 0 Å². The van der Waals surface area contributed by atoms with Crippen molar-refractivity contribution in [2.75, 3.05) is 19.7 Å². The van der Waals surface area contributed by atoms with E-state index in [-0.39, 0.29) is 19.1 Å². The molecule has 2 aromatic carbocycles. The third kappa shape index (κ3) is 3.56. The summed E-state index contributed by atoms with van der Waals surface area (Å²) < 4.78 is 28.8. The Morgan fingerprint density at radius 2 is 1.67 bits per heavy atom. The van der Waals surface area contributed by atoms with Gasteiger partial charge in [0.25, 0.3) is 0 Å². The number of rotatable bonds is 3. The second kappa shape index (κ2) is 7.17. The van der Waals surface area contributed by atoms with Gasteiger partial charge in [0.15, 0.2) is 0 Å². The molecule has 1 atom stereocenters. The van der Waals surface area contributed by atoms with E-state index >= 15 is 0 Å². The van der Waals surface area contributed by atoms with Crippen LogP contribution in [0.2, 0.25) is 0 Å². The molecule has 1 saturated heterocycles. The molecule has 1 aliphatic carbocycles. The fourth-order valence-electron chi connectivity index (χ4n) is 4.02. The first-order valence-corrected chi connectivity index (χ1v) is 11.4. The molecule has 0 bridgehead atoms. The maximum atomic E-state index is 12.5. The molecule has 0 radical (unpaired) electrons. The smallest absolute Gasteiger partial charge is 0.409 e. The number of benzene rings is 2. The number of hydrogen-bond donors (Lipinski definition) is 0. The first-order valence-electron chi connectivity index (χ1n) is 8.98. The number of ether oxygens (including phenoxy) is 1. The van der Waals surface area contributed by atoms with Crippen LogP contribution in [0.25, 0.3) is 11.1 Å². The Morgan fingerprint density at radius 1 is 1.07 bits per heavy atom. The molecule has 0 saturated carbocycles. The Morgan fingerprint density at radius 3 is 2.26 bits per heavy atom. The molecule has 142 valence electrons. The maximum absolute atomic E-state index is 12.5. The SMILES string of the molecule is O=C(OCC1c2ccccc2-c2ccccc21)N1CCC[C@H](S(=O)(=O)Cl)C1. The van der Waals surface area contributed by atoms with E-state index in [0.717, 1.165) is 11.1 Å². The Bertz CT molecular complexity index is 930. The quantitative estimate of drug-likeness (QED) is 0.725. The van der Waals surface area contributed by atoms with E-state index in [4.69, 9.17) is 15.4 Å². The normalized spacial score (nSPS) is 19.4. The van der Waals surface area contributed by atoms with Gasteiger partial charge in [-0.1, -0.05) is 48.5 Å². The summed E-state index contributed by atoms with van der Waals surface area (Å²) in [5, 5.41) is -0.728. The van der Waals surface area contributed by atoms with Gasteiger partial charge in [0.05, 0.1) is 5.25 Å². The highest BCUT2D eigenvalue weighted by Crippen LogP contribution is 2.44. The van der Waals surface area contributed by atoms with Crippen LogP contribution in [0.3, 0.4) is 0 Å². The number of likely N-dealkylation sites (tertiary alicyclic amines) is 1. The zero-order valence-corrected chi connectivity index (χ0v) is 16.2. The minimum Gasteiger partial charge on any atom is -0.448 e. The number of piperidine rings is 1. The molecule has 0 unspecified atom stereocenters. The zero-order chi connectivity index (χ0) is 19.0. The van der Waals surface area contributed by atoms with Crippen molar-refractivity contribution < 1.29 is 17.9 Å². The summed E-state index contributed by atoms with van der Waals surface area (Å²) in [7, 11) is 1.79. The van der Waals surface area contributed by atoms with Crippen molar-refractivity contribution in [3.63, 3.8) is 0 Å². The lowest BCUT2D eigenvalue weighted by molar-refractivity contribution is 0.0935. The third-order valence-corrected chi connectivity index (χ3v) is 7.31. The molecule has 1 aliphatic heterocycles. The molecule has 1 fully saturated rings. The summed E-state index contributed by atoms with van der Waals surface area (Å²) in [6.45, 7) is 0.795. The predicted molar refractivity (Wildman–Crippen MR) is 104 cm³/mol. The van der Waals surface area contributed by atoms with Gasteiger partial charge in [-0.15, -0.1) is 0 Å². The highest BCUT2D eigenvalue weighted by atomic mass is 35.7. The lowest BCUT2D eigenvalue weighted by Gasteiger charge is -2.30. The monoisotopic (exact) mass is 405 g/mol. The molecule has 2 aromatic rings. The van der Waals surface area contributed by atoms with E-state index in [1.54, 1.807) is 0 Å². The largest absolute Gasteiger partial charge is 0.448 e. The van der Waals surface area contributed by atoms with Gasteiger partial charge < -0.3 is 9.64 Å². The molecular formula is C20H20ClNO4S. The molecular weight excluding hydrogens is 386 g/mol. The topological polar surface area (TPSA) is 63.7 Å². The molecule has 0 N–H and O–H groups in total. The van der Waals surface area contributed by atoms with Crippen LogP contribution in [0.5, 0.6) is 0 Å². The van der Waals surface area contributed by atoms with Crippen LogP contribution in [0, 0.1) is 0 Å². The number of nitrogens with zero attached hydrogens (tertiary/aromatic N) is 1. The summed E-state index contributed by atoms with van der Waals surface area (Å²) >= 11 is 0.